The van der Waals surface area contributed by atoms with Crippen LogP contribution in [-0.2, 0) is 4.74 Å². The lowest BCUT2D eigenvalue weighted by Gasteiger charge is -2.41. The Kier molecular flexibility index (Phi) is 3.94. The molecular formula is C7H14N2O6. The molecule has 1 saturated heterocycles. The van der Waals surface area contributed by atoms with Crippen LogP contribution in [0, 0.1) is 4.91 Å². The maximum atomic E-state index is 10.2. The van der Waals surface area contributed by atoms with Crippen molar-refractivity contribution in [2.24, 2.45) is 5.29 Å². The van der Waals surface area contributed by atoms with Gasteiger partial charge in [-0.15, -0.1) is 4.91 Å². The molecule has 4 N–H and O–H groups in total. The van der Waals surface area contributed by atoms with E-state index in [0.29, 0.717) is 0 Å². The standard InChI is InChI=1S/C7H14N2O6/c1-9(8-14)7-6(13)5(12)4(11)3(2-10)15-7/h3-7,10-13H,2H2,1H3/t3-,4-,5+,6-,7-/m1/s1. The predicted octanol–water partition coefficient (Wildman–Crippen LogP) is -2.60. The molecule has 0 bridgehead atoms. The second kappa shape index (κ2) is 4.81. The average Bonchev–Trinajstić information content (AvgIpc) is 2.25. The third-order valence-corrected chi connectivity index (χ3v) is 2.36. The lowest BCUT2D eigenvalue weighted by molar-refractivity contribution is -0.262. The van der Waals surface area contributed by atoms with Gasteiger partial charge in [0, 0.05) is 7.05 Å². The summed E-state index contributed by atoms with van der Waals surface area (Å²) in [5.74, 6) is 0. The fourth-order valence-corrected chi connectivity index (χ4v) is 1.44. The van der Waals surface area contributed by atoms with Crippen LogP contribution in [0.4, 0.5) is 0 Å². The van der Waals surface area contributed by atoms with Gasteiger partial charge in [-0.2, -0.15) is 0 Å². The maximum Gasteiger partial charge on any atom is 0.177 e. The number of hydrogen-bond donors (Lipinski definition) is 4. The van der Waals surface area contributed by atoms with E-state index < -0.39 is 37.3 Å². The van der Waals surface area contributed by atoms with Crippen molar-refractivity contribution < 1.29 is 25.2 Å². The monoisotopic (exact) mass is 222 g/mol. The third kappa shape index (κ3) is 2.24. The van der Waals surface area contributed by atoms with Gasteiger partial charge in [-0.25, -0.2) is 5.01 Å². The quantitative estimate of drug-likeness (QED) is 0.305. The lowest BCUT2D eigenvalue weighted by atomic mass is 9.98. The number of aliphatic hydroxyl groups excluding tert-OH is 4. The zero-order chi connectivity index (χ0) is 11.6. The zero-order valence-corrected chi connectivity index (χ0v) is 8.09. The van der Waals surface area contributed by atoms with Gasteiger partial charge in [0.15, 0.2) is 6.23 Å². The maximum absolute atomic E-state index is 10.2. The van der Waals surface area contributed by atoms with Crippen molar-refractivity contribution in [3.05, 3.63) is 4.91 Å². The third-order valence-electron chi connectivity index (χ3n) is 2.36. The highest BCUT2D eigenvalue weighted by Gasteiger charge is 2.45. The first kappa shape index (κ1) is 12.3. The van der Waals surface area contributed by atoms with Crippen LogP contribution in [0.2, 0.25) is 0 Å². The van der Waals surface area contributed by atoms with Gasteiger partial charge < -0.3 is 25.2 Å². The van der Waals surface area contributed by atoms with E-state index in [1.165, 1.54) is 7.05 Å². The van der Waals surface area contributed by atoms with Crippen molar-refractivity contribution in [3.8, 4) is 0 Å². The summed E-state index contributed by atoms with van der Waals surface area (Å²) >= 11 is 0. The number of nitrogens with zero attached hydrogens (tertiary/aromatic N) is 2. The normalized spacial score (nSPS) is 41.3. The molecule has 15 heavy (non-hydrogen) atoms. The molecule has 1 heterocycles. The average molecular weight is 222 g/mol. The summed E-state index contributed by atoms with van der Waals surface area (Å²) in [5.41, 5.74) is 0. The Hall–Kier alpha value is -0.800. The molecule has 1 aliphatic heterocycles. The number of rotatable bonds is 3. The first-order chi connectivity index (χ1) is 7.02. The first-order valence-electron chi connectivity index (χ1n) is 4.39. The van der Waals surface area contributed by atoms with Gasteiger partial charge in [0.1, 0.15) is 24.4 Å². The van der Waals surface area contributed by atoms with E-state index in [9.17, 15) is 20.2 Å². The Morgan fingerprint density at radius 3 is 2.33 bits per heavy atom. The second-order valence-electron chi connectivity index (χ2n) is 3.37. The molecule has 8 heteroatoms. The van der Waals surface area contributed by atoms with Gasteiger partial charge >= 0.3 is 0 Å². The van der Waals surface area contributed by atoms with Gasteiger partial charge in [-0.3, -0.25) is 0 Å². The number of likely N-dealkylation sites (N-methyl/N-ethyl adjacent to an activating group) is 1. The molecular weight excluding hydrogens is 208 g/mol. The van der Waals surface area contributed by atoms with Crippen LogP contribution >= 0.6 is 0 Å². The van der Waals surface area contributed by atoms with Crippen molar-refractivity contribution in [1.29, 1.82) is 0 Å². The fraction of sp³-hybridized carbons (Fsp3) is 1.00. The molecule has 1 fully saturated rings. The molecule has 0 aromatic heterocycles. The minimum absolute atomic E-state index is 0.534. The highest BCUT2D eigenvalue weighted by Crippen LogP contribution is 2.22. The first-order valence-corrected chi connectivity index (χ1v) is 4.39. The summed E-state index contributed by atoms with van der Waals surface area (Å²) in [5, 5.41) is 40.3. The second-order valence-corrected chi connectivity index (χ2v) is 3.37. The summed E-state index contributed by atoms with van der Waals surface area (Å²) in [7, 11) is 1.25. The fourth-order valence-electron chi connectivity index (χ4n) is 1.44. The topological polar surface area (TPSA) is 123 Å². The molecule has 0 saturated carbocycles. The number of ether oxygens (including phenoxy) is 1. The molecule has 0 radical (unpaired) electrons. The molecule has 0 aliphatic carbocycles. The Balaban J connectivity index is 2.78. The Morgan fingerprint density at radius 2 is 1.87 bits per heavy atom. The van der Waals surface area contributed by atoms with Crippen molar-refractivity contribution in [1.82, 2.24) is 5.01 Å². The van der Waals surface area contributed by atoms with Crippen LogP contribution in [0.3, 0.4) is 0 Å². The number of hydrogen-bond acceptors (Lipinski definition) is 7. The predicted molar refractivity (Wildman–Crippen MR) is 47.3 cm³/mol. The molecule has 1 rings (SSSR count). The van der Waals surface area contributed by atoms with Crippen LogP contribution in [0.15, 0.2) is 5.29 Å². The van der Waals surface area contributed by atoms with E-state index >= 15 is 0 Å². The largest absolute Gasteiger partial charge is 0.394 e. The SMILES string of the molecule is CN(N=O)[C@@H]1O[C@H](CO)[C@@H](O)[C@H](O)[C@H]1O. The highest BCUT2D eigenvalue weighted by atomic mass is 16.6. The molecule has 1 aliphatic rings. The Labute approximate surface area is 85.6 Å². The summed E-state index contributed by atoms with van der Waals surface area (Å²) < 4.78 is 5.01. The van der Waals surface area contributed by atoms with Crippen LogP contribution < -0.4 is 0 Å². The summed E-state index contributed by atoms with van der Waals surface area (Å²) in [6, 6.07) is 0. The van der Waals surface area contributed by atoms with Gasteiger partial charge in [-0.05, 0) is 0 Å². The molecule has 0 aromatic carbocycles. The molecule has 88 valence electrons. The summed E-state index contributed by atoms with van der Waals surface area (Å²) in [6.07, 6.45) is -6.60. The van der Waals surface area contributed by atoms with Crippen LogP contribution in [0.25, 0.3) is 0 Å². The van der Waals surface area contributed by atoms with E-state index in [2.05, 4.69) is 5.29 Å². The van der Waals surface area contributed by atoms with E-state index in [4.69, 9.17) is 9.84 Å². The summed E-state index contributed by atoms with van der Waals surface area (Å²) in [6.45, 7) is -0.534. The van der Waals surface area contributed by atoms with Crippen LogP contribution in [-0.4, -0.2) is 69.7 Å². The number of aliphatic hydroxyl groups is 4. The van der Waals surface area contributed by atoms with Crippen molar-refractivity contribution >= 4 is 0 Å². The van der Waals surface area contributed by atoms with Gasteiger partial charge in [-0.1, -0.05) is 0 Å². The summed E-state index contributed by atoms with van der Waals surface area (Å²) in [4.78, 5) is 10.2. The van der Waals surface area contributed by atoms with E-state index in [1.807, 2.05) is 0 Å². The minimum atomic E-state index is -1.50. The smallest absolute Gasteiger partial charge is 0.177 e. The van der Waals surface area contributed by atoms with Crippen molar-refractivity contribution in [2.45, 2.75) is 30.6 Å². The molecule has 0 aromatic rings. The highest BCUT2D eigenvalue weighted by molar-refractivity contribution is 4.90. The van der Waals surface area contributed by atoms with E-state index in [1.54, 1.807) is 0 Å². The van der Waals surface area contributed by atoms with Gasteiger partial charge in [0.25, 0.3) is 0 Å². The molecule has 0 spiro atoms. The molecule has 0 unspecified atom stereocenters. The van der Waals surface area contributed by atoms with Crippen molar-refractivity contribution in [3.63, 3.8) is 0 Å². The van der Waals surface area contributed by atoms with E-state index in [0.717, 1.165) is 5.01 Å². The Bertz CT molecular complexity index is 226. The van der Waals surface area contributed by atoms with Crippen LogP contribution in [0.5, 0.6) is 0 Å². The molecule has 0 amide bonds. The van der Waals surface area contributed by atoms with Crippen LogP contribution in [0.1, 0.15) is 0 Å². The van der Waals surface area contributed by atoms with E-state index in [-0.39, 0.29) is 0 Å². The molecule has 5 atom stereocenters. The minimum Gasteiger partial charge on any atom is -0.394 e. The lowest BCUT2D eigenvalue weighted by Crippen LogP contribution is -2.61. The zero-order valence-electron chi connectivity index (χ0n) is 8.09. The Morgan fingerprint density at radius 1 is 1.27 bits per heavy atom. The van der Waals surface area contributed by atoms with Crippen molar-refractivity contribution in [2.75, 3.05) is 13.7 Å². The molecule has 8 nitrogen and oxygen atoms in total. The number of nitroso groups, excluding NO2 is 1. The van der Waals surface area contributed by atoms with Gasteiger partial charge in [0.05, 0.1) is 11.9 Å². The van der Waals surface area contributed by atoms with Gasteiger partial charge in [0.2, 0.25) is 0 Å².